The Kier molecular flexibility index (Phi) is 7.14. The number of alkyl halides is 2. The SMILES string of the molecule is C#CC(=N/C=C(\C)c1cc(F)c(C2c3[nH]c4ccccc4c3C[C@@H](C)N2CC(F)F)c(F)c1)C(C)=O. The molecular weight excluding hydrogens is 470 g/mol. The molecule has 0 saturated carbocycles. The van der Waals surface area contributed by atoms with Crippen LogP contribution in [0.5, 0.6) is 0 Å². The number of benzene rings is 2. The van der Waals surface area contributed by atoms with Gasteiger partial charge in [0, 0.05) is 41.3 Å². The van der Waals surface area contributed by atoms with Crippen molar-refractivity contribution in [1.29, 1.82) is 0 Å². The van der Waals surface area contributed by atoms with Gasteiger partial charge in [0.25, 0.3) is 6.43 Å². The molecule has 1 aliphatic heterocycles. The van der Waals surface area contributed by atoms with E-state index in [1.54, 1.807) is 13.8 Å². The lowest BCUT2D eigenvalue weighted by Gasteiger charge is -2.41. The fraction of sp³-hybridized carbons (Fsp3) is 0.286. The zero-order valence-corrected chi connectivity index (χ0v) is 20.1. The highest BCUT2D eigenvalue weighted by molar-refractivity contribution is 6.45. The van der Waals surface area contributed by atoms with E-state index in [1.807, 2.05) is 24.3 Å². The van der Waals surface area contributed by atoms with Crippen molar-refractivity contribution in [3.05, 3.63) is 76.6 Å². The smallest absolute Gasteiger partial charge is 0.251 e. The number of rotatable bonds is 6. The second-order valence-electron chi connectivity index (χ2n) is 8.95. The first-order valence-electron chi connectivity index (χ1n) is 11.5. The third-order valence-corrected chi connectivity index (χ3v) is 6.53. The van der Waals surface area contributed by atoms with E-state index < -0.39 is 36.4 Å². The van der Waals surface area contributed by atoms with Crippen LogP contribution in [0.25, 0.3) is 16.5 Å². The molecule has 0 aliphatic carbocycles. The van der Waals surface area contributed by atoms with Crippen LogP contribution in [0, 0.1) is 24.0 Å². The number of para-hydroxylation sites is 1. The number of nitrogens with zero attached hydrogens (tertiary/aromatic N) is 2. The Morgan fingerprint density at radius 1 is 1.25 bits per heavy atom. The normalized spacial score (nSPS) is 19.0. The van der Waals surface area contributed by atoms with Crippen LogP contribution in [0.2, 0.25) is 0 Å². The summed E-state index contributed by atoms with van der Waals surface area (Å²) in [6.45, 7) is 4.00. The molecule has 1 unspecified atom stereocenters. The zero-order valence-electron chi connectivity index (χ0n) is 20.1. The van der Waals surface area contributed by atoms with Gasteiger partial charge in [0.2, 0.25) is 0 Å². The molecule has 4 rings (SSSR count). The van der Waals surface area contributed by atoms with E-state index in [-0.39, 0.29) is 22.9 Å². The first-order chi connectivity index (χ1) is 17.1. The highest BCUT2D eigenvalue weighted by Gasteiger charge is 2.39. The third kappa shape index (κ3) is 4.71. The van der Waals surface area contributed by atoms with Crippen LogP contribution >= 0.6 is 0 Å². The zero-order chi connectivity index (χ0) is 26.1. The fourth-order valence-corrected chi connectivity index (χ4v) is 4.80. The van der Waals surface area contributed by atoms with Crippen LogP contribution in [0.1, 0.15) is 49.2 Å². The quantitative estimate of drug-likeness (QED) is 0.256. The van der Waals surface area contributed by atoms with Gasteiger partial charge in [-0.1, -0.05) is 18.2 Å². The Hall–Kier alpha value is -3.70. The van der Waals surface area contributed by atoms with Gasteiger partial charge in [-0.15, -0.1) is 6.42 Å². The summed E-state index contributed by atoms with van der Waals surface area (Å²) in [4.78, 5) is 20.1. The number of Topliss-reactive ketones (excluding diaryl/α,β-unsaturated/α-hetero) is 1. The van der Waals surface area contributed by atoms with E-state index in [4.69, 9.17) is 6.42 Å². The van der Waals surface area contributed by atoms with Crippen molar-refractivity contribution < 1.29 is 22.4 Å². The average Bonchev–Trinajstić information content (AvgIpc) is 3.18. The predicted molar refractivity (Wildman–Crippen MR) is 133 cm³/mol. The number of hydrogen-bond donors (Lipinski definition) is 1. The number of nitrogens with one attached hydrogen (secondary N) is 1. The van der Waals surface area contributed by atoms with Crippen LogP contribution < -0.4 is 0 Å². The Labute approximate surface area is 206 Å². The lowest BCUT2D eigenvalue weighted by atomic mass is 9.87. The molecule has 0 radical (unpaired) electrons. The fourth-order valence-electron chi connectivity index (χ4n) is 4.80. The number of allylic oxidation sites excluding steroid dienone is 1. The van der Waals surface area contributed by atoms with E-state index in [1.165, 1.54) is 18.0 Å². The number of aromatic nitrogens is 1. The molecule has 8 heteroatoms. The summed E-state index contributed by atoms with van der Waals surface area (Å²) in [5, 5.41) is 0.907. The van der Waals surface area contributed by atoms with E-state index in [2.05, 4.69) is 15.9 Å². The number of H-pyrrole nitrogens is 1. The minimum atomic E-state index is -2.68. The number of aliphatic imine (C=N–C) groups is 1. The van der Waals surface area contributed by atoms with Gasteiger partial charge in [0.05, 0.1) is 12.6 Å². The Bertz CT molecular complexity index is 1410. The van der Waals surface area contributed by atoms with E-state index in [9.17, 15) is 13.6 Å². The highest BCUT2D eigenvalue weighted by atomic mass is 19.3. The molecule has 0 spiro atoms. The Balaban J connectivity index is 1.85. The van der Waals surface area contributed by atoms with Gasteiger partial charge < -0.3 is 4.98 Å². The maximum atomic E-state index is 15.6. The Morgan fingerprint density at radius 3 is 2.53 bits per heavy atom. The molecule has 1 aromatic heterocycles. The Morgan fingerprint density at radius 2 is 1.92 bits per heavy atom. The van der Waals surface area contributed by atoms with Crippen molar-refractivity contribution in [2.24, 2.45) is 4.99 Å². The first-order valence-corrected chi connectivity index (χ1v) is 11.5. The lowest BCUT2D eigenvalue weighted by Crippen LogP contribution is -2.45. The van der Waals surface area contributed by atoms with Crippen molar-refractivity contribution >= 4 is 28.0 Å². The van der Waals surface area contributed by atoms with Crippen LogP contribution in [0.4, 0.5) is 17.6 Å². The van der Waals surface area contributed by atoms with Gasteiger partial charge in [0.1, 0.15) is 11.6 Å². The minimum absolute atomic E-state index is 0.114. The van der Waals surface area contributed by atoms with Crippen molar-refractivity contribution in [2.75, 3.05) is 6.54 Å². The number of carbonyl (C=O) groups is 1. The van der Waals surface area contributed by atoms with E-state index in [0.717, 1.165) is 28.6 Å². The molecule has 0 amide bonds. The monoisotopic (exact) mass is 495 g/mol. The minimum Gasteiger partial charge on any atom is -0.357 e. The van der Waals surface area contributed by atoms with Crippen LogP contribution in [-0.4, -0.2) is 40.4 Å². The molecule has 0 bridgehead atoms. The molecule has 4 nitrogen and oxygen atoms in total. The second-order valence-corrected chi connectivity index (χ2v) is 8.95. The maximum absolute atomic E-state index is 15.6. The van der Waals surface area contributed by atoms with Crippen LogP contribution in [-0.2, 0) is 11.2 Å². The molecular formula is C28H25F4N3O. The summed E-state index contributed by atoms with van der Waals surface area (Å²) >= 11 is 0. The molecule has 1 N–H and O–H groups in total. The molecule has 36 heavy (non-hydrogen) atoms. The number of terminal acetylenes is 1. The predicted octanol–water partition coefficient (Wildman–Crippen LogP) is 6.07. The van der Waals surface area contributed by atoms with Crippen molar-refractivity contribution in [2.45, 2.75) is 45.7 Å². The topological polar surface area (TPSA) is 48.5 Å². The summed E-state index contributed by atoms with van der Waals surface area (Å²) < 4.78 is 58.4. The third-order valence-electron chi connectivity index (χ3n) is 6.53. The van der Waals surface area contributed by atoms with Gasteiger partial charge in [-0.2, -0.15) is 0 Å². The first kappa shape index (κ1) is 25.4. The van der Waals surface area contributed by atoms with E-state index >= 15 is 8.78 Å². The standard InChI is InChI=1S/C28H25F4N3O/c1-5-23(17(4)36)33-13-15(2)18-11-21(29)26(22(30)12-18)28-27-20(10-16(3)35(28)14-25(31)32)19-8-6-7-9-24(19)34-27/h1,6-9,11-13,16,25,28,34H,10,14H2,2-4H3/b15-13+,33-23?/t16-,28?/m1/s1. The summed E-state index contributed by atoms with van der Waals surface area (Å²) in [7, 11) is 0. The highest BCUT2D eigenvalue weighted by Crippen LogP contribution is 2.43. The number of halogens is 4. The van der Waals surface area contributed by atoms with Gasteiger partial charge >= 0.3 is 0 Å². The lowest BCUT2D eigenvalue weighted by molar-refractivity contribution is -0.110. The van der Waals surface area contributed by atoms with Gasteiger partial charge in [-0.3, -0.25) is 9.69 Å². The molecule has 186 valence electrons. The summed E-state index contributed by atoms with van der Waals surface area (Å²) in [6, 6.07) is 8.32. The number of fused-ring (bicyclic) bond motifs is 3. The summed E-state index contributed by atoms with van der Waals surface area (Å²) in [5.41, 5.74) is 2.31. The number of aromatic amines is 1. The number of ketones is 1. The molecule has 1 aliphatic rings. The summed E-state index contributed by atoms with van der Waals surface area (Å²) in [5.74, 6) is 0.0228. The number of carbonyl (C=O) groups excluding carboxylic acids is 1. The molecule has 2 heterocycles. The van der Waals surface area contributed by atoms with Crippen LogP contribution in [0.3, 0.4) is 0 Å². The van der Waals surface area contributed by atoms with Crippen LogP contribution in [0.15, 0.2) is 47.6 Å². The van der Waals surface area contributed by atoms with Crippen molar-refractivity contribution in [1.82, 2.24) is 9.88 Å². The number of hydrogen-bond acceptors (Lipinski definition) is 3. The van der Waals surface area contributed by atoms with E-state index in [0.29, 0.717) is 17.7 Å². The summed E-state index contributed by atoms with van der Waals surface area (Å²) in [6.07, 6.45) is 4.32. The van der Waals surface area contributed by atoms with Gasteiger partial charge in [-0.05, 0) is 61.1 Å². The second kappa shape index (κ2) is 10.1. The molecule has 0 saturated heterocycles. The maximum Gasteiger partial charge on any atom is 0.251 e. The van der Waals surface area contributed by atoms with Gasteiger partial charge in [0.15, 0.2) is 11.5 Å². The molecule has 0 fully saturated rings. The molecule has 2 atom stereocenters. The van der Waals surface area contributed by atoms with Gasteiger partial charge in [-0.25, -0.2) is 22.6 Å². The largest absolute Gasteiger partial charge is 0.357 e. The average molecular weight is 496 g/mol. The van der Waals surface area contributed by atoms with Crippen molar-refractivity contribution in [3.63, 3.8) is 0 Å². The molecule has 3 aromatic rings. The molecule has 2 aromatic carbocycles. The van der Waals surface area contributed by atoms with Crippen molar-refractivity contribution in [3.8, 4) is 12.3 Å².